The first-order valence-corrected chi connectivity index (χ1v) is 4.67. The molecule has 0 rings (SSSR count). The fraction of sp³-hybridized carbons (Fsp3) is 0.600. The summed E-state index contributed by atoms with van der Waals surface area (Å²) in [7, 11) is 0. The van der Waals surface area contributed by atoms with Crippen molar-refractivity contribution in [1.29, 1.82) is 0 Å². The number of hydrogen-bond donors (Lipinski definition) is 0. The molecule has 0 atom stereocenters. The van der Waals surface area contributed by atoms with E-state index >= 15 is 0 Å². The normalized spacial score (nSPS) is 8.00. The largest absolute Gasteiger partial charge is 0.0966 e. The van der Waals surface area contributed by atoms with Gasteiger partial charge in [0.25, 0.3) is 0 Å². The molecule has 2 heteroatoms. The van der Waals surface area contributed by atoms with E-state index in [9.17, 15) is 0 Å². The molecule has 0 aliphatic heterocycles. The van der Waals surface area contributed by atoms with E-state index < -0.39 is 0 Å². The molecule has 0 aliphatic carbocycles. The molecule has 0 aromatic rings. The van der Waals surface area contributed by atoms with Gasteiger partial charge in [0.05, 0.1) is 0 Å². The molecule has 0 aromatic heterocycles. The van der Waals surface area contributed by atoms with Crippen LogP contribution in [0.3, 0.4) is 0 Å². The lowest BCUT2D eigenvalue weighted by Gasteiger charge is -1.63. The quantitative estimate of drug-likeness (QED) is 0.479. The maximum atomic E-state index is 3.22. The van der Waals surface area contributed by atoms with Crippen molar-refractivity contribution in [2.24, 2.45) is 0 Å². The molecule has 0 aromatic carbocycles. The Morgan fingerprint density at radius 1 is 1.43 bits per heavy atom. The summed E-state index contributed by atoms with van der Waals surface area (Å²) < 4.78 is 0. The Balaban J connectivity index is 0. The molecule has 0 radical (unpaired) electrons. The lowest BCUT2D eigenvalue weighted by atomic mass is 10.6. The molecule has 44 valence electrons. The van der Waals surface area contributed by atoms with Gasteiger partial charge in [0.15, 0.2) is 0 Å². The van der Waals surface area contributed by atoms with E-state index in [1.807, 2.05) is 24.9 Å². The van der Waals surface area contributed by atoms with Gasteiger partial charge in [-0.2, -0.15) is 0 Å². The first-order chi connectivity index (χ1) is 3.41. The molecule has 0 heterocycles. The molecule has 0 spiro atoms. The maximum Gasteiger partial charge on any atom is 0.0211 e. The Hall–Kier alpha value is 0.700. The minimum atomic E-state index is 0.976. The van der Waals surface area contributed by atoms with Gasteiger partial charge in [-0.3, -0.25) is 0 Å². The van der Waals surface area contributed by atoms with E-state index in [1.165, 1.54) is 0 Å². The van der Waals surface area contributed by atoms with Gasteiger partial charge >= 0.3 is 0 Å². The third-order valence-corrected chi connectivity index (χ3v) is 0.699. The van der Waals surface area contributed by atoms with Gasteiger partial charge in [0.1, 0.15) is 0 Å². The Morgan fingerprint density at radius 2 is 1.86 bits per heavy atom. The van der Waals surface area contributed by atoms with Crippen LogP contribution in [0.25, 0.3) is 0 Å². The lowest BCUT2D eigenvalue weighted by molar-refractivity contribution is 1.67. The molecule has 0 amide bonds. The predicted molar refractivity (Wildman–Crippen MR) is 43.5 cm³/mol. The molecule has 0 saturated carbocycles. The minimum Gasteiger partial charge on any atom is -0.0966 e. The average molecular weight is 230 g/mol. The van der Waals surface area contributed by atoms with Crippen molar-refractivity contribution in [3.05, 3.63) is 12.2 Å². The fourth-order valence-corrected chi connectivity index (χ4v) is 0.463. The Morgan fingerprint density at radius 3 is 1.86 bits per heavy atom. The molecular formula is C5H10Br2. The van der Waals surface area contributed by atoms with Crippen LogP contribution in [0.5, 0.6) is 0 Å². The summed E-state index contributed by atoms with van der Waals surface area (Å²) >= 11 is 6.16. The zero-order chi connectivity index (χ0) is 6.12. The van der Waals surface area contributed by atoms with Crippen molar-refractivity contribution < 1.29 is 0 Å². The number of alkyl halides is 2. The molecule has 0 N–H and O–H groups in total. The Kier molecular flexibility index (Phi) is 24.2. The molecule has 0 saturated heterocycles. The minimum absolute atomic E-state index is 0.976. The molecule has 0 aliphatic rings. The summed E-state index contributed by atoms with van der Waals surface area (Å²) in [6.07, 6.45) is 4.05. The highest BCUT2D eigenvalue weighted by Crippen LogP contribution is 1.77. The Bertz CT molecular complexity index is 33.1. The van der Waals surface area contributed by atoms with Crippen molar-refractivity contribution >= 4 is 31.9 Å². The van der Waals surface area contributed by atoms with Crippen LogP contribution in [-0.4, -0.2) is 11.2 Å². The van der Waals surface area contributed by atoms with Crippen LogP contribution in [0, 0.1) is 0 Å². The third kappa shape index (κ3) is 20.3. The van der Waals surface area contributed by atoms with Crippen LogP contribution in [0.2, 0.25) is 0 Å². The van der Waals surface area contributed by atoms with Crippen LogP contribution in [0.4, 0.5) is 0 Å². The zero-order valence-corrected chi connectivity index (χ0v) is 7.79. The highest BCUT2D eigenvalue weighted by atomic mass is 79.9. The van der Waals surface area contributed by atoms with Crippen molar-refractivity contribution in [2.45, 2.75) is 6.92 Å². The van der Waals surface area contributed by atoms with E-state index in [0.717, 1.165) is 5.33 Å². The smallest absolute Gasteiger partial charge is 0.0211 e. The van der Waals surface area contributed by atoms with Gasteiger partial charge in [0, 0.05) is 5.33 Å². The SMILES string of the molecule is C/C=C/CBr.CBr. The fourth-order valence-electron chi connectivity index (χ4n) is 0.0891. The molecule has 0 nitrogen and oxygen atoms in total. The van der Waals surface area contributed by atoms with Gasteiger partial charge in [0.2, 0.25) is 0 Å². The Labute approximate surface area is 62.3 Å². The predicted octanol–water partition coefficient (Wildman–Crippen LogP) is 2.97. The van der Waals surface area contributed by atoms with E-state index in [4.69, 9.17) is 0 Å². The molecular weight excluding hydrogens is 220 g/mol. The zero-order valence-electron chi connectivity index (χ0n) is 4.62. The first kappa shape index (κ1) is 10.6. The number of allylic oxidation sites excluding steroid dienone is 2. The van der Waals surface area contributed by atoms with Crippen LogP contribution in [0.1, 0.15) is 6.92 Å². The van der Waals surface area contributed by atoms with Crippen molar-refractivity contribution in [2.75, 3.05) is 11.2 Å². The second kappa shape index (κ2) is 15.9. The van der Waals surface area contributed by atoms with E-state index in [2.05, 4.69) is 31.9 Å². The van der Waals surface area contributed by atoms with Gasteiger partial charge in [-0.15, -0.1) is 0 Å². The van der Waals surface area contributed by atoms with Gasteiger partial charge < -0.3 is 0 Å². The standard InChI is InChI=1S/C4H7Br.CH3Br/c1-2-3-4-5;1-2/h2-3H,4H2,1H3;1H3/b3-2+;. The van der Waals surface area contributed by atoms with E-state index in [-0.39, 0.29) is 0 Å². The molecule has 0 fully saturated rings. The second-order valence-corrected chi connectivity index (χ2v) is 1.37. The van der Waals surface area contributed by atoms with E-state index in [1.54, 1.807) is 0 Å². The summed E-state index contributed by atoms with van der Waals surface area (Å²) in [5.74, 6) is 1.81. The van der Waals surface area contributed by atoms with Crippen LogP contribution in [-0.2, 0) is 0 Å². The average Bonchev–Trinajstić information content (AvgIpc) is 1.75. The van der Waals surface area contributed by atoms with Crippen molar-refractivity contribution in [3.8, 4) is 0 Å². The second-order valence-electron chi connectivity index (χ2n) is 0.723. The summed E-state index contributed by atoms with van der Waals surface area (Å²) in [6, 6.07) is 0. The van der Waals surface area contributed by atoms with E-state index in [0.29, 0.717) is 0 Å². The molecule has 0 unspecified atom stereocenters. The molecule has 0 bridgehead atoms. The topological polar surface area (TPSA) is 0 Å². The highest BCUT2D eigenvalue weighted by molar-refractivity contribution is 9.09. The third-order valence-electron chi connectivity index (χ3n) is 0.325. The summed E-state index contributed by atoms with van der Waals surface area (Å²) in [5, 5.41) is 0.976. The maximum absolute atomic E-state index is 3.22. The molecule has 7 heavy (non-hydrogen) atoms. The van der Waals surface area contributed by atoms with Crippen LogP contribution in [0.15, 0.2) is 12.2 Å². The van der Waals surface area contributed by atoms with Gasteiger partial charge in [-0.25, -0.2) is 0 Å². The van der Waals surface area contributed by atoms with Gasteiger partial charge in [-0.1, -0.05) is 44.0 Å². The van der Waals surface area contributed by atoms with Crippen molar-refractivity contribution in [1.82, 2.24) is 0 Å². The van der Waals surface area contributed by atoms with Gasteiger partial charge in [-0.05, 0) is 12.8 Å². The lowest BCUT2D eigenvalue weighted by Crippen LogP contribution is -1.49. The van der Waals surface area contributed by atoms with Crippen LogP contribution >= 0.6 is 31.9 Å². The number of halogens is 2. The monoisotopic (exact) mass is 228 g/mol. The highest BCUT2D eigenvalue weighted by Gasteiger charge is 1.54. The summed E-state index contributed by atoms with van der Waals surface area (Å²) in [6.45, 7) is 2.00. The number of hydrogen-bond acceptors (Lipinski definition) is 0. The summed E-state index contributed by atoms with van der Waals surface area (Å²) in [5.41, 5.74) is 0. The van der Waals surface area contributed by atoms with Crippen molar-refractivity contribution in [3.63, 3.8) is 0 Å². The van der Waals surface area contributed by atoms with Crippen LogP contribution < -0.4 is 0 Å². The number of rotatable bonds is 1. The first-order valence-electron chi connectivity index (χ1n) is 1.96. The summed E-state index contributed by atoms with van der Waals surface area (Å²) in [4.78, 5) is 0.